The molecule has 0 radical (unpaired) electrons. The summed E-state index contributed by atoms with van der Waals surface area (Å²) < 4.78 is 6.97. The molecule has 0 saturated carbocycles. The third kappa shape index (κ3) is 4.43. The molecule has 3 heteroatoms. The van der Waals surface area contributed by atoms with Crippen LogP contribution in [0.1, 0.15) is 41.5 Å². The monoisotopic (exact) mass is 298 g/mol. The minimum absolute atomic E-state index is 0.224. The molecule has 0 aliphatic carbocycles. The molecule has 0 N–H and O–H groups in total. The molecule has 19 heavy (non-hydrogen) atoms. The summed E-state index contributed by atoms with van der Waals surface area (Å²) in [5, 5.41) is 0.448. The van der Waals surface area contributed by atoms with Gasteiger partial charge in [0.25, 0.3) is 0 Å². The predicted molar refractivity (Wildman–Crippen MR) is 93.8 cm³/mol. The van der Waals surface area contributed by atoms with E-state index in [4.69, 9.17) is 4.12 Å². The Labute approximate surface area is 123 Å². The van der Waals surface area contributed by atoms with Crippen LogP contribution < -0.4 is 0 Å². The second-order valence-corrected chi connectivity index (χ2v) is 17.6. The largest absolute Gasteiger partial charge is 0.454 e. The van der Waals surface area contributed by atoms with Crippen LogP contribution in [-0.4, -0.2) is 16.6 Å². The average molecular weight is 299 g/mol. The zero-order valence-electron chi connectivity index (χ0n) is 14.4. The molecule has 0 saturated heterocycles. The standard InChI is InChI=1S/C16H34OSi2/c1-11-13-18(9,15(3,4)5)17-19(10,14-12-2)16(6,7)8/h11-12H,1-2,13-14H2,3-10H3. The van der Waals surface area contributed by atoms with Gasteiger partial charge < -0.3 is 4.12 Å². The molecule has 0 aromatic heterocycles. The van der Waals surface area contributed by atoms with Gasteiger partial charge in [-0.25, -0.2) is 0 Å². The summed E-state index contributed by atoms with van der Waals surface area (Å²) >= 11 is 0. The van der Waals surface area contributed by atoms with Crippen LogP contribution in [-0.2, 0) is 4.12 Å². The van der Waals surface area contributed by atoms with Gasteiger partial charge in [-0.3, -0.25) is 0 Å². The van der Waals surface area contributed by atoms with Crippen molar-refractivity contribution in [1.29, 1.82) is 0 Å². The van der Waals surface area contributed by atoms with Gasteiger partial charge in [-0.2, -0.15) is 0 Å². The van der Waals surface area contributed by atoms with Gasteiger partial charge in [-0.05, 0) is 35.3 Å². The van der Waals surface area contributed by atoms with E-state index in [1.165, 1.54) is 0 Å². The van der Waals surface area contributed by atoms with E-state index in [-0.39, 0.29) is 10.1 Å². The maximum Gasteiger partial charge on any atom is 0.185 e. The second-order valence-electron chi connectivity index (χ2n) is 8.05. The first-order chi connectivity index (χ1) is 8.33. The molecule has 112 valence electrons. The number of hydrogen-bond acceptors (Lipinski definition) is 1. The molecule has 0 spiro atoms. The quantitative estimate of drug-likeness (QED) is 0.423. The molecule has 0 aliphatic heterocycles. The highest BCUT2D eigenvalue weighted by Gasteiger charge is 2.50. The van der Waals surface area contributed by atoms with Gasteiger partial charge in [0, 0.05) is 0 Å². The minimum Gasteiger partial charge on any atom is -0.454 e. The first kappa shape index (κ1) is 18.9. The zero-order chi connectivity index (χ0) is 15.5. The first-order valence-electron chi connectivity index (χ1n) is 7.25. The Hall–Kier alpha value is -0.126. The van der Waals surface area contributed by atoms with Crippen LogP contribution >= 0.6 is 0 Å². The zero-order valence-corrected chi connectivity index (χ0v) is 16.4. The molecule has 0 bridgehead atoms. The Bertz CT molecular complexity index is 293. The fourth-order valence-electron chi connectivity index (χ4n) is 2.05. The molecule has 0 aromatic rings. The van der Waals surface area contributed by atoms with Gasteiger partial charge in [-0.15, -0.1) is 13.2 Å². The van der Waals surface area contributed by atoms with E-state index in [0.717, 1.165) is 12.1 Å². The maximum absolute atomic E-state index is 6.97. The molecule has 0 heterocycles. The molecule has 0 aromatic carbocycles. The van der Waals surface area contributed by atoms with Gasteiger partial charge >= 0.3 is 0 Å². The average Bonchev–Trinajstić information content (AvgIpc) is 2.14. The molecule has 0 rings (SSSR count). The first-order valence-corrected chi connectivity index (χ1v) is 12.5. The summed E-state index contributed by atoms with van der Waals surface area (Å²) in [7, 11) is -3.68. The number of hydrogen-bond donors (Lipinski definition) is 0. The smallest absolute Gasteiger partial charge is 0.185 e. The van der Waals surface area contributed by atoms with Crippen LogP contribution in [0.25, 0.3) is 0 Å². The highest BCUT2D eigenvalue weighted by atomic mass is 28.4. The summed E-state index contributed by atoms with van der Waals surface area (Å²) in [6.07, 6.45) is 4.09. The lowest BCUT2D eigenvalue weighted by molar-refractivity contribution is 0.440. The van der Waals surface area contributed by atoms with Crippen molar-refractivity contribution < 1.29 is 4.12 Å². The van der Waals surface area contributed by atoms with E-state index >= 15 is 0 Å². The molecule has 0 amide bonds. The molecule has 0 aliphatic rings. The Kier molecular flexibility index (Phi) is 6.06. The van der Waals surface area contributed by atoms with Crippen LogP contribution in [0.15, 0.2) is 25.3 Å². The summed E-state index contributed by atoms with van der Waals surface area (Å²) in [6, 6.07) is 2.04. The minimum atomic E-state index is -1.84. The number of rotatable bonds is 6. The summed E-state index contributed by atoms with van der Waals surface area (Å²) in [4.78, 5) is 0. The van der Waals surface area contributed by atoms with Crippen molar-refractivity contribution in [1.82, 2.24) is 0 Å². The van der Waals surface area contributed by atoms with Crippen LogP contribution in [0.4, 0.5) is 0 Å². The SMILES string of the molecule is C=CC[Si](C)(O[Si](C)(CC=C)C(C)(C)C)C(C)(C)C. The highest BCUT2D eigenvalue weighted by Crippen LogP contribution is 2.48. The summed E-state index contributed by atoms with van der Waals surface area (Å²) in [6.45, 7) is 26.5. The van der Waals surface area contributed by atoms with Crippen molar-refractivity contribution >= 4 is 16.6 Å². The lowest BCUT2D eigenvalue weighted by atomic mass is 10.2. The Morgan fingerprint density at radius 3 is 1.21 bits per heavy atom. The number of allylic oxidation sites excluding steroid dienone is 2. The fraction of sp³-hybridized carbons (Fsp3) is 0.750. The van der Waals surface area contributed by atoms with E-state index in [1.54, 1.807) is 0 Å². The Morgan fingerprint density at radius 1 is 0.789 bits per heavy atom. The van der Waals surface area contributed by atoms with Crippen LogP contribution in [0, 0.1) is 0 Å². The van der Waals surface area contributed by atoms with Crippen LogP contribution in [0.3, 0.4) is 0 Å². The third-order valence-electron chi connectivity index (χ3n) is 4.69. The van der Waals surface area contributed by atoms with Gasteiger partial charge in [0.15, 0.2) is 16.6 Å². The van der Waals surface area contributed by atoms with Gasteiger partial charge in [-0.1, -0.05) is 53.7 Å². The topological polar surface area (TPSA) is 9.23 Å². The fourth-order valence-corrected chi connectivity index (χ4v) is 11.5. The van der Waals surface area contributed by atoms with Crippen molar-refractivity contribution in [3.63, 3.8) is 0 Å². The molecule has 2 unspecified atom stereocenters. The summed E-state index contributed by atoms with van der Waals surface area (Å²) in [5.74, 6) is 0. The normalized spacial score (nSPS) is 19.4. The van der Waals surface area contributed by atoms with Gasteiger partial charge in [0.05, 0.1) is 0 Å². The van der Waals surface area contributed by atoms with E-state index in [0.29, 0.717) is 0 Å². The van der Waals surface area contributed by atoms with Crippen molar-refractivity contribution in [2.45, 2.75) is 76.8 Å². The van der Waals surface area contributed by atoms with Crippen molar-refractivity contribution in [2.24, 2.45) is 0 Å². The molecule has 0 fully saturated rings. The second kappa shape index (κ2) is 6.10. The van der Waals surface area contributed by atoms with Gasteiger partial charge in [0.1, 0.15) is 0 Å². The van der Waals surface area contributed by atoms with Crippen molar-refractivity contribution in [2.75, 3.05) is 0 Å². The Balaban J connectivity index is 5.52. The van der Waals surface area contributed by atoms with E-state index < -0.39 is 16.6 Å². The molecule has 2 atom stereocenters. The summed E-state index contributed by atoms with van der Waals surface area (Å²) in [5.41, 5.74) is 0. The maximum atomic E-state index is 6.97. The Morgan fingerprint density at radius 2 is 1.05 bits per heavy atom. The van der Waals surface area contributed by atoms with Crippen molar-refractivity contribution in [3.8, 4) is 0 Å². The molecule has 1 nitrogen and oxygen atoms in total. The lowest BCUT2D eigenvalue weighted by Gasteiger charge is -2.50. The highest BCUT2D eigenvalue weighted by molar-refractivity contribution is 6.89. The third-order valence-corrected chi connectivity index (χ3v) is 16.8. The van der Waals surface area contributed by atoms with E-state index in [2.05, 4.69) is 67.8 Å². The van der Waals surface area contributed by atoms with Gasteiger partial charge in [0.2, 0.25) is 0 Å². The van der Waals surface area contributed by atoms with E-state index in [9.17, 15) is 0 Å². The van der Waals surface area contributed by atoms with Crippen LogP contribution in [0.5, 0.6) is 0 Å². The molecular formula is C16H34OSi2. The van der Waals surface area contributed by atoms with E-state index in [1.807, 2.05) is 12.2 Å². The lowest BCUT2D eigenvalue weighted by Crippen LogP contribution is -2.56. The predicted octanol–water partition coefficient (Wildman–Crippen LogP) is 6.13. The van der Waals surface area contributed by atoms with Crippen LogP contribution in [0.2, 0.25) is 35.3 Å². The van der Waals surface area contributed by atoms with Crippen molar-refractivity contribution in [3.05, 3.63) is 25.3 Å². The molecular weight excluding hydrogens is 264 g/mol.